The fraction of sp³-hybridized carbons (Fsp3) is 0.500. The number of anilines is 1. The number of halogens is 6. The zero-order chi connectivity index (χ0) is 16.5. The molecule has 2 nitrogen and oxygen atoms in total. The second-order valence-electron chi connectivity index (χ2n) is 5.16. The van der Waals surface area contributed by atoms with E-state index in [-0.39, 0.29) is 37.9 Å². The molecule has 0 amide bonds. The molecule has 22 heavy (non-hydrogen) atoms. The summed E-state index contributed by atoms with van der Waals surface area (Å²) in [5.74, 6) is -1.45. The van der Waals surface area contributed by atoms with Crippen LogP contribution in [0.15, 0.2) is 18.2 Å². The molecule has 1 aromatic rings. The summed E-state index contributed by atoms with van der Waals surface area (Å²) < 4.78 is 76.5. The predicted octanol–water partition coefficient (Wildman–Crippen LogP) is 4.30. The van der Waals surface area contributed by atoms with Crippen molar-refractivity contribution in [2.45, 2.75) is 25.2 Å². The Labute approximate surface area is 122 Å². The molecule has 2 rings (SSSR count). The molecule has 1 fully saturated rings. The van der Waals surface area contributed by atoms with Crippen LogP contribution in [0, 0.1) is 5.92 Å². The van der Waals surface area contributed by atoms with E-state index in [9.17, 15) is 31.1 Å². The van der Waals surface area contributed by atoms with Crippen LogP contribution in [0.5, 0.6) is 0 Å². The molecular formula is C14H13F6NO. The summed E-state index contributed by atoms with van der Waals surface area (Å²) in [7, 11) is 0. The Morgan fingerprint density at radius 2 is 1.64 bits per heavy atom. The van der Waals surface area contributed by atoms with Crippen LogP contribution in [0.3, 0.4) is 0 Å². The highest BCUT2D eigenvalue weighted by Gasteiger charge is 2.42. The summed E-state index contributed by atoms with van der Waals surface area (Å²) in [6, 6.07) is 3.27. The minimum atomic E-state index is -4.68. The van der Waals surface area contributed by atoms with Gasteiger partial charge in [-0.25, -0.2) is 0 Å². The van der Waals surface area contributed by atoms with Gasteiger partial charge in [0.05, 0.1) is 11.5 Å². The van der Waals surface area contributed by atoms with Gasteiger partial charge >= 0.3 is 12.4 Å². The lowest BCUT2D eigenvalue weighted by Crippen LogP contribution is -2.39. The second-order valence-corrected chi connectivity index (χ2v) is 5.16. The van der Waals surface area contributed by atoms with Gasteiger partial charge in [-0.3, -0.25) is 4.79 Å². The average Bonchev–Trinajstić information content (AvgIpc) is 2.44. The van der Waals surface area contributed by atoms with Crippen molar-refractivity contribution < 1.29 is 31.1 Å². The number of carbonyl (C=O) groups excluding carboxylic acids is 1. The van der Waals surface area contributed by atoms with Gasteiger partial charge in [-0.05, 0) is 25.0 Å². The number of alkyl halides is 6. The van der Waals surface area contributed by atoms with Crippen molar-refractivity contribution in [2.75, 3.05) is 18.0 Å². The monoisotopic (exact) mass is 325 g/mol. The molecule has 0 atom stereocenters. The van der Waals surface area contributed by atoms with Crippen molar-refractivity contribution >= 4 is 12.0 Å². The molecule has 1 saturated heterocycles. The van der Waals surface area contributed by atoms with Crippen LogP contribution in [0.4, 0.5) is 32.0 Å². The molecule has 122 valence electrons. The first-order chi connectivity index (χ1) is 10.1. The van der Waals surface area contributed by atoms with Crippen molar-refractivity contribution in [2.24, 2.45) is 5.92 Å². The lowest BCUT2D eigenvalue weighted by molar-refractivity contribution is -0.179. The molecule has 0 N–H and O–H groups in total. The van der Waals surface area contributed by atoms with Gasteiger partial charge in [-0.1, -0.05) is 6.07 Å². The normalized spacial score (nSPS) is 17.6. The largest absolute Gasteiger partial charge is 0.417 e. The van der Waals surface area contributed by atoms with E-state index in [0.29, 0.717) is 0 Å². The maximum Gasteiger partial charge on any atom is 0.417 e. The van der Waals surface area contributed by atoms with Crippen molar-refractivity contribution in [1.29, 1.82) is 0 Å². The highest BCUT2D eigenvalue weighted by molar-refractivity contribution is 5.87. The maximum absolute atomic E-state index is 12.9. The van der Waals surface area contributed by atoms with Gasteiger partial charge in [0.2, 0.25) is 0 Å². The molecule has 8 heteroatoms. The molecule has 0 aliphatic carbocycles. The number of aldehydes is 1. The van der Waals surface area contributed by atoms with Crippen molar-refractivity contribution in [1.82, 2.24) is 0 Å². The molecule has 0 spiro atoms. The van der Waals surface area contributed by atoms with Crippen LogP contribution >= 0.6 is 0 Å². The molecule has 0 radical (unpaired) electrons. The van der Waals surface area contributed by atoms with Gasteiger partial charge in [0.1, 0.15) is 0 Å². The molecule has 0 saturated carbocycles. The first-order valence-corrected chi connectivity index (χ1v) is 6.61. The Hall–Kier alpha value is -1.73. The van der Waals surface area contributed by atoms with Crippen molar-refractivity contribution in [3.8, 4) is 0 Å². The van der Waals surface area contributed by atoms with Crippen LogP contribution in [-0.4, -0.2) is 25.6 Å². The lowest BCUT2D eigenvalue weighted by Gasteiger charge is -2.35. The SMILES string of the molecule is O=Cc1c(N2CCC(C(F)(F)F)CC2)cccc1C(F)(F)F. The lowest BCUT2D eigenvalue weighted by atomic mass is 9.95. The quantitative estimate of drug-likeness (QED) is 0.597. The number of carbonyl (C=O) groups is 1. The Bertz CT molecular complexity index is 543. The van der Waals surface area contributed by atoms with Gasteiger partial charge in [0.15, 0.2) is 6.29 Å². The zero-order valence-corrected chi connectivity index (χ0v) is 11.3. The van der Waals surface area contributed by atoms with E-state index >= 15 is 0 Å². The Kier molecular flexibility index (Phi) is 4.39. The number of benzene rings is 1. The van der Waals surface area contributed by atoms with Crippen LogP contribution in [-0.2, 0) is 6.18 Å². The standard InChI is InChI=1S/C14H13F6NO/c15-13(16,17)9-4-6-21(7-5-9)12-3-1-2-11(10(12)8-22)14(18,19)20/h1-3,8-9H,4-7H2. The van der Waals surface area contributed by atoms with Crippen LogP contribution in [0.1, 0.15) is 28.8 Å². The molecule has 0 unspecified atom stereocenters. The number of rotatable bonds is 2. The number of piperidine rings is 1. The third-order valence-corrected chi connectivity index (χ3v) is 3.80. The number of hydrogen-bond donors (Lipinski definition) is 0. The molecule has 1 aliphatic heterocycles. The molecular weight excluding hydrogens is 312 g/mol. The summed E-state index contributed by atoms with van der Waals surface area (Å²) in [6.45, 7) is -0.0708. The van der Waals surface area contributed by atoms with Crippen LogP contribution in [0.2, 0.25) is 0 Å². The fourth-order valence-electron chi connectivity index (χ4n) is 2.65. The highest BCUT2D eigenvalue weighted by atomic mass is 19.4. The number of nitrogens with zero attached hydrogens (tertiary/aromatic N) is 1. The van der Waals surface area contributed by atoms with Gasteiger partial charge in [0.25, 0.3) is 0 Å². The third kappa shape index (κ3) is 3.36. The smallest absolute Gasteiger partial charge is 0.371 e. The van der Waals surface area contributed by atoms with Gasteiger partial charge in [0, 0.05) is 24.3 Å². The van der Waals surface area contributed by atoms with E-state index < -0.39 is 29.4 Å². The van der Waals surface area contributed by atoms with Crippen LogP contribution < -0.4 is 4.90 Å². The van der Waals surface area contributed by atoms with E-state index in [1.807, 2.05) is 0 Å². The maximum atomic E-state index is 12.9. The Balaban J connectivity index is 2.26. The molecule has 0 aromatic heterocycles. The summed E-state index contributed by atoms with van der Waals surface area (Å²) in [5, 5.41) is 0. The summed E-state index contributed by atoms with van der Waals surface area (Å²) in [6.07, 6.45) is -9.27. The summed E-state index contributed by atoms with van der Waals surface area (Å²) in [4.78, 5) is 12.5. The average molecular weight is 325 g/mol. The Morgan fingerprint density at radius 3 is 2.09 bits per heavy atom. The van der Waals surface area contributed by atoms with Gasteiger partial charge in [-0.2, -0.15) is 26.3 Å². The first-order valence-electron chi connectivity index (χ1n) is 6.61. The fourth-order valence-corrected chi connectivity index (χ4v) is 2.65. The van der Waals surface area contributed by atoms with Crippen LogP contribution in [0.25, 0.3) is 0 Å². The molecule has 1 heterocycles. The zero-order valence-electron chi connectivity index (χ0n) is 11.3. The Morgan fingerprint density at radius 1 is 1.05 bits per heavy atom. The summed E-state index contributed by atoms with van der Waals surface area (Å²) >= 11 is 0. The number of hydrogen-bond acceptors (Lipinski definition) is 2. The predicted molar refractivity (Wildman–Crippen MR) is 67.8 cm³/mol. The van der Waals surface area contributed by atoms with E-state index in [4.69, 9.17) is 0 Å². The van der Waals surface area contributed by atoms with Gasteiger partial charge in [-0.15, -0.1) is 0 Å². The highest BCUT2D eigenvalue weighted by Crippen LogP contribution is 2.39. The van der Waals surface area contributed by atoms with Crippen molar-refractivity contribution in [3.63, 3.8) is 0 Å². The summed E-state index contributed by atoms with van der Waals surface area (Å²) in [5.41, 5.74) is -1.57. The van der Waals surface area contributed by atoms with Crippen molar-refractivity contribution in [3.05, 3.63) is 29.3 Å². The van der Waals surface area contributed by atoms with E-state index in [2.05, 4.69) is 0 Å². The van der Waals surface area contributed by atoms with E-state index in [1.165, 1.54) is 11.0 Å². The first kappa shape index (κ1) is 16.6. The molecule has 0 bridgehead atoms. The van der Waals surface area contributed by atoms with E-state index in [1.54, 1.807) is 0 Å². The van der Waals surface area contributed by atoms with E-state index in [0.717, 1.165) is 12.1 Å². The second kappa shape index (κ2) is 5.81. The minimum absolute atomic E-state index is 0.0328. The van der Waals surface area contributed by atoms with Gasteiger partial charge < -0.3 is 4.90 Å². The molecule has 1 aromatic carbocycles. The third-order valence-electron chi connectivity index (χ3n) is 3.80. The minimum Gasteiger partial charge on any atom is -0.371 e. The topological polar surface area (TPSA) is 20.3 Å². The molecule has 1 aliphatic rings.